The smallest absolute Gasteiger partial charge is 0.126 e. The molecule has 0 saturated carbocycles. The van der Waals surface area contributed by atoms with Gasteiger partial charge in [0.2, 0.25) is 0 Å². The molecule has 0 amide bonds. The van der Waals surface area contributed by atoms with Crippen molar-refractivity contribution in [1.29, 1.82) is 0 Å². The summed E-state index contributed by atoms with van der Waals surface area (Å²) in [6, 6.07) is 11.4. The van der Waals surface area contributed by atoms with E-state index in [0.29, 0.717) is 5.56 Å². The van der Waals surface area contributed by atoms with Crippen molar-refractivity contribution in [2.24, 2.45) is 0 Å². The molecule has 112 valence electrons. The van der Waals surface area contributed by atoms with E-state index in [9.17, 15) is 8.78 Å². The fraction of sp³-hybridized carbons (Fsp3) is 0.294. The molecule has 2 aromatic carbocycles. The molecule has 0 saturated heterocycles. The van der Waals surface area contributed by atoms with Gasteiger partial charge in [0.25, 0.3) is 0 Å². The van der Waals surface area contributed by atoms with E-state index >= 15 is 0 Å². The molecule has 1 nitrogen and oxygen atoms in total. The molecule has 0 spiro atoms. The molecule has 21 heavy (non-hydrogen) atoms. The van der Waals surface area contributed by atoms with Crippen LogP contribution in [0.15, 0.2) is 47.4 Å². The molecule has 1 unspecified atom stereocenters. The van der Waals surface area contributed by atoms with Crippen molar-refractivity contribution in [1.82, 2.24) is 5.32 Å². The Morgan fingerprint density at radius 3 is 2.38 bits per heavy atom. The van der Waals surface area contributed by atoms with Crippen molar-refractivity contribution in [3.8, 4) is 0 Å². The quantitative estimate of drug-likeness (QED) is 0.771. The highest BCUT2D eigenvalue weighted by atomic mass is 32.2. The molecule has 1 N–H and O–H groups in total. The predicted molar refractivity (Wildman–Crippen MR) is 84.7 cm³/mol. The van der Waals surface area contributed by atoms with Crippen LogP contribution in [0.4, 0.5) is 8.78 Å². The van der Waals surface area contributed by atoms with E-state index < -0.39 is 11.6 Å². The molecule has 1 atom stereocenters. The van der Waals surface area contributed by atoms with Crippen molar-refractivity contribution < 1.29 is 8.78 Å². The van der Waals surface area contributed by atoms with E-state index in [-0.39, 0.29) is 6.04 Å². The Kier molecular flexibility index (Phi) is 5.76. The second-order valence-corrected chi connectivity index (χ2v) is 5.68. The third-order valence-electron chi connectivity index (χ3n) is 3.27. The van der Waals surface area contributed by atoms with Gasteiger partial charge in [0.15, 0.2) is 0 Å². The van der Waals surface area contributed by atoms with E-state index in [1.807, 2.05) is 30.5 Å². The van der Waals surface area contributed by atoms with Crippen LogP contribution in [0.25, 0.3) is 0 Å². The molecule has 0 radical (unpaired) electrons. The standard InChI is InChI=1S/C17H19F2NS/c1-3-8-20-17(12-9-13(18)11-14(19)10-12)15-6-4-5-7-16(15)21-2/h4-7,9-11,17,20H,3,8H2,1-2H3. The first-order chi connectivity index (χ1) is 10.2. The molecule has 0 bridgehead atoms. The second kappa shape index (κ2) is 7.57. The highest BCUT2D eigenvalue weighted by Crippen LogP contribution is 2.30. The Morgan fingerprint density at radius 1 is 1.10 bits per heavy atom. The van der Waals surface area contributed by atoms with Gasteiger partial charge >= 0.3 is 0 Å². The molecule has 2 rings (SSSR count). The summed E-state index contributed by atoms with van der Waals surface area (Å²) in [6.45, 7) is 2.85. The summed E-state index contributed by atoms with van der Waals surface area (Å²) in [7, 11) is 0. The Balaban J connectivity index is 2.46. The Morgan fingerprint density at radius 2 is 1.76 bits per heavy atom. The number of benzene rings is 2. The van der Waals surface area contributed by atoms with Gasteiger partial charge in [-0.3, -0.25) is 0 Å². The number of thioether (sulfide) groups is 1. The van der Waals surface area contributed by atoms with Crippen molar-refractivity contribution in [3.63, 3.8) is 0 Å². The molecule has 0 aliphatic heterocycles. The minimum atomic E-state index is -0.546. The highest BCUT2D eigenvalue weighted by Gasteiger charge is 2.18. The molecule has 4 heteroatoms. The van der Waals surface area contributed by atoms with Crippen LogP contribution >= 0.6 is 11.8 Å². The van der Waals surface area contributed by atoms with E-state index in [1.165, 1.54) is 12.1 Å². The fourth-order valence-electron chi connectivity index (χ4n) is 2.34. The molecule has 0 aromatic heterocycles. The van der Waals surface area contributed by atoms with Crippen LogP contribution in [0.5, 0.6) is 0 Å². The van der Waals surface area contributed by atoms with Gasteiger partial charge < -0.3 is 5.32 Å². The molecule has 0 aliphatic carbocycles. The Bertz CT molecular complexity index is 581. The number of rotatable bonds is 6. The van der Waals surface area contributed by atoms with Crippen LogP contribution in [0.1, 0.15) is 30.5 Å². The zero-order valence-corrected chi connectivity index (χ0v) is 13.0. The van der Waals surface area contributed by atoms with Gasteiger partial charge in [0.05, 0.1) is 6.04 Å². The maximum atomic E-state index is 13.5. The zero-order chi connectivity index (χ0) is 15.2. The zero-order valence-electron chi connectivity index (χ0n) is 12.2. The summed E-state index contributed by atoms with van der Waals surface area (Å²) in [6.07, 6.45) is 2.96. The highest BCUT2D eigenvalue weighted by molar-refractivity contribution is 7.98. The molecular weight excluding hydrogens is 288 g/mol. The monoisotopic (exact) mass is 307 g/mol. The van der Waals surface area contributed by atoms with Crippen molar-refractivity contribution in [2.45, 2.75) is 24.3 Å². The lowest BCUT2D eigenvalue weighted by Gasteiger charge is -2.22. The largest absolute Gasteiger partial charge is 0.306 e. The predicted octanol–water partition coefficient (Wildman–Crippen LogP) is 4.78. The first-order valence-electron chi connectivity index (χ1n) is 6.98. The van der Waals surface area contributed by atoms with E-state index in [2.05, 4.69) is 12.2 Å². The van der Waals surface area contributed by atoms with Crippen LogP contribution in [0.2, 0.25) is 0 Å². The van der Waals surface area contributed by atoms with Crippen LogP contribution in [0.3, 0.4) is 0 Å². The molecule has 2 aromatic rings. The van der Waals surface area contributed by atoms with Gasteiger partial charge in [-0.15, -0.1) is 11.8 Å². The molecule has 0 heterocycles. The maximum absolute atomic E-state index is 13.5. The fourth-order valence-corrected chi connectivity index (χ4v) is 2.98. The van der Waals surface area contributed by atoms with Gasteiger partial charge in [0, 0.05) is 11.0 Å². The normalized spacial score (nSPS) is 12.4. The lowest BCUT2D eigenvalue weighted by molar-refractivity contribution is 0.556. The Labute approximate surface area is 128 Å². The first-order valence-corrected chi connectivity index (χ1v) is 8.20. The van der Waals surface area contributed by atoms with Gasteiger partial charge in [-0.25, -0.2) is 8.78 Å². The number of hydrogen-bond acceptors (Lipinski definition) is 2. The third kappa shape index (κ3) is 4.05. The summed E-state index contributed by atoms with van der Waals surface area (Å²) in [4.78, 5) is 1.11. The summed E-state index contributed by atoms with van der Waals surface area (Å²) in [5, 5.41) is 3.38. The number of hydrogen-bond donors (Lipinski definition) is 1. The second-order valence-electron chi connectivity index (χ2n) is 4.83. The van der Waals surface area contributed by atoms with Crippen LogP contribution in [-0.4, -0.2) is 12.8 Å². The van der Waals surface area contributed by atoms with Crippen molar-refractivity contribution in [3.05, 3.63) is 65.2 Å². The topological polar surface area (TPSA) is 12.0 Å². The van der Waals surface area contributed by atoms with Gasteiger partial charge in [-0.1, -0.05) is 25.1 Å². The lowest BCUT2D eigenvalue weighted by Crippen LogP contribution is -2.24. The van der Waals surface area contributed by atoms with E-state index in [1.54, 1.807) is 11.8 Å². The van der Waals surface area contributed by atoms with Crippen LogP contribution in [-0.2, 0) is 0 Å². The minimum absolute atomic E-state index is 0.209. The molecule has 0 aliphatic rings. The first kappa shape index (κ1) is 16.0. The minimum Gasteiger partial charge on any atom is -0.306 e. The van der Waals surface area contributed by atoms with E-state index in [4.69, 9.17) is 0 Å². The summed E-state index contributed by atoms with van der Waals surface area (Å²) in [5.41, 5.74) is 1.66. The summed E-state index contributed by atoms with van der Waals surface area (Å²) < 4.78 is 27.1. The third-order valence-corrected chi connectivity index (χ3v) is 4.08. The average Bonchev–Trinajstić information content (AvgIpc) is 2.47. The number of halogens is 2. The average molecular weight is 307 g/mol. The summed E-state index contributed by atoms with van der Waals surface area (Å²) in [5.74, 6) is -1.09. The van der Waals surface area contributed by atoms with Crippen molar-refractivity contribution >= 4 is 11.8 Å². The Hall–Kier alpha value is -1.39. The van der Waals surface area contributed by atoms with Crippen LogP contribution in [0, 0.1) is 11.6 Å². The lowest BCUT2D eigenvalue weighted by atomic mass is 9.98. The van der Waals surface area contributed by atoms with Gasteiger partial charge in [-0.2, -0.15) is 0 Å². The van der Waals surface area contributed by atoms with E-state index in [0.717, 1.165) is 29.5 Å². The number of nitrogens with one attached hydrogen (secondary N) is 1. The van der Waals surface area contributed by atoms with Gasteiger partial charge in [-0.05, 0) is 48.5 Å². The molecule has 0 fully saturated rings. The SMILES string of the molecule is CCCNC(c1cc(F)cc(F)c1)c1ccccc1SC. The maximum Gasteiger partial charge on any atom is 0.126 e. The van der Waals surface area contributed by atoms with Crippen molar-refractivity contribution in [2.75, 3.05) is 12.8 Å². The van der Waals surface area contributed by atoms with Crippen LogP contribution < -0.4 is 5.32 Å². The summed E-state index contributed by atoms with van der Waals surface area (Å²) >= 11 is 1.63. The van der Waals surface area contributed by atoms with Gasteiger partial charge in [0.1, 0.15) is 11.6 Å². The molecular formula is C17H19F2NS.